The van der Waals surface area contributed by atoms with E-state index in [4.69, 9.17) is 31.5 Å². The van der Waals surface area contributed by atoms with Crippen molar-refractivity contribution in [3.8, 4) is 12.1 Å². The first kappa shape index (κ1) is 39.0. The number of nitrogens with one attached hydrogen (secondary N) is 2. The first-order chi connectivity index (χ1) is 28.8. The maximum absolute atomic E-state index is 14.8. The van der Waals surface area contributed by atoms with Crippen molar-refractivity contribution in [1.82, 2.24) is 4.98 Å². The van der Waals surface area contributed by atoms with Crippen molar-refractivity contribution in [1.29, 1.82) is 10.5 Å². The molecular weight excluding hydrogens is 789 g/mol. The number of pyridine rings is 1. The minimum atomic E-state index is -2.93. The third-order valence-electron chi connectivity index (χ3n) is 12.4. The fraction of sp³-hybridized carbons (Fsp3) is 0.372. The fourth-order valence-electron chi connectivity index (χ4n) is 9.36. The maximum atomic E-state index is 14.8. The number of halogens is 6. The van der Waals surface area contributed by atoms with Crippen LogP contribution in [0.4, 0.5) is 37.7 Å². The van der Waals surface area contributed by atoms with E-state index >= 15 is 0 Å². The van der Waals surface area contributed by atoms with Crippen molar-refractivity contribution in [2.75, 3.05) is 10.6 Å². The normalized spacial score (nSPS) is 28.8. The Morgan fingerprint density at radius 2 is 1.20 bits per heavy atom. The lowest BCUT2D eigenvalue weighted by Gasteiger charge is -2.33. The number of ether oxygens (including phenoxy) is 2. The minimum Gasteiger partial charge on any atom is -0.462 e. The van der Waals surface area contributed by atoms with Crippen LogP contribution in [0.3, 0.4) is 0 Å². The molecule has 2 aliphatic heterocycles. The lowest BCUT2D eigenvalue weighted by molar-refractivity contribution is 0.0176. The molecule has 11 nitrogen and oxygen atoms in total. The molecule has 8 atom stereocenters. The average molecular weight is 826 g/mol. The van der Waals surface area contributed by atoms with E-state index in [2.05, 4.69) is 37.7 Å². The van der Waals surface area contributed by atoms with E-state index < -0.39 is 59.6 Å². The third-order valence-corrected chi connectivity index (χ3v) is 12.4. The number of hydrogen-bond acceptors (Lipinski definition) is 11. The summed E-state index contributed by atoms with van der Waals surface area (Å²) in [6.07, 6.45) is -1.48. The molecule has 308 valence electrons. The van der Waals surface area contributed by atoms with Crippen molar-refractivity contribution in [2.45, 2.75) is 86.7 Å². The summed E-state index contributed by atoms with van der Waals surface area (Å²) in [6.45, 7) is 0. The predicted molar refractivity (Wildman–Crippen MR) is 207 cm³/mol. The van der Waals surface area contributed by atoms with E-state index in [0.29, 0.717) is 35.3 Å². The Morgan fingerprint density at radius 3 is 1.75 bits per heavy atom. The molecule has 3 heterocycles. The maximum Gasteiger partial charge on any atom is 0.283 e. The number of aliphatic imine (C=N–C) groups is 2. The Kier molecular flexibility index (Phi) is 9.52. The van der Waals surface area contributed by atoms with Gasteiger partial charge in [0.05, 0.1) is 35.0 Å². The molecule has 10 rings (SSSR count). The molecule has 4 aliphatic carbocycles. The average Bonchev–Trinajstić information content (AvgIpc) is 4.12. The van der Waals surface area contributed by atoms with Crippen LogP contribution in [0.25, 0.3) is 0 Å². The molecule has 60 heavy (non-hydrogen) atoms. The number of amidine groups is 2. The van der Waals surface area contributed by atoms with Gasteiger partial charge < -0.3 is 31.6 Å². The van der Waals surface area contributed by atoms with Crippen molar-refractivity contribution in [3.05, 3.63) is 123 Å². The van der Waals surface area contributed by atoms with Gasteiger partial charge in [0.25, 0.3) is 24.9 Å². The Balaban J connectivity index is 0.000000154. The molecule has 0 spiro atoms. The van der Waals surface area contributed by atoms with Gasteiger partial charge in [-0.25, -0.2) is 36.3 Å². The topological polar surface area (TPSA) is 180 Å². The van der Waals surface area contributed by atoms with Crippen LogP contribution < -0.4 is 22.1 Å². The number of benzene rings is 3. The summed E-state index contributed by atoms with van der Waals surface area (Å²) >= 11 is 0. The summed E-state index contributed by atoms with van der Waals surface area (Å²) in [5, 5.41) is 24.7. The summed E-state index contributed by atoms with van der Waals surface area (Å²) < 4.78 is 97.1. The zero-order valence-electron chi connectivity index (χ0n) is 31.7. The molecule has 1 aromatic heterocycles. The molecule has 2 saturated carbocycles. The fourth-order valence-corrected chi connectivity index (χ4v) is 9.36. The molecule has 0 unspecified atom stereocenters. The van der Waals surface area contributed by atoms with E-state index in [1.165, 1.54) is 42.6 Å². The van der Waals surface area contributed by atoms with Crippen molar-refractivity contribution in [2.24, 2.45) is 33.3 Å². The molecule has 2 fully saturated rings. The highest BCUT2D eigenvalue weighted by atomic mass is 19.3. The molecule has 17 heteroatoms. The zero-order chi connectivity index (χ0) is 42.1. The highest BCUT2D eigenvalue weighted by Gasteiger charge is 2.65. The summed E-state index contributed by atoms with van der Waals surface area (Å²) in [4.78, 5) is 12.2. The number of anilines is 2. The molecule has 6 aliphatic rings. The predicted octanol–water partition coefficient (Wildman–Crippen LogP) is 7.38. The summed E-state index contributed by atoms with van der Waals surface area (Å²) in [5.74, 6) is -2.72. The molecular formula is C43H37F6N9O2. The van der Waals surface area contributed by atoms with Gasteiger partial charge in [-0.05, 0) is 110 Å². The van der Waals surface area contributed by atoms with Crippen molar-refractivity contribution >= 4 is 23.4 Å². The van der Waals surface area contributed by atoms with Gasteiger partial charge >= 0.3 is 0 Å². The van der Waals surface area contributed by atoms with Crippen LogP contribution in [0, 0.1) is 46.1 Å². The lowest BCUT2D eigenvalue weighted by Crippen LogP contribution is -2.43. The van der Waals surface area contributed by atoms with Gasteiger partial charge in [0.15, 0.2) is 11.1 Å². The van der Waals surface area contributed by atoms with Crippen LogP contribution in [-0.2, 0) is 33.4 Å². The monoisotopic (exact) mass is 825 g/mol. The van der Waals surface area contributed by atoms with Gasteiger partial charge in [-0.3, -0.25) is 4.98 Å². The minimum absolute atomic E-state index is 0.0505. The van der Waals surface area contributed by atoms with Crippen LogP contribution in [0.2, 0.25) is 0 Å². The van der Waals surface area contributed by atoms with E-state index in [-0.39, 0.29) is 35.3 Å². The second-order valence-corrected chi connectivity index (χ2v) is 15.9. The zero-order valence-corrected chi connectivity index (χ0v) is 31.7. The Bertz CT molecular complexity index is 2370. The van der Waals surface area contributed by atoms with Crippen LogP contribution in [0.1, 0.15) is 82.4 Å². The second-order valence-electron chi connectivity index (χ2n) is 15.9. The van der Waals surface area contributed by atoms with Crippen LogP contribution in [0.15, 0.2) is 76.8 Å². The number of nitrogens with two attached hydrogens (primary N) is 2. The Labute approximate surface area is 340 Å². The van der Waals surface area contributed by atoms with E-state index in [1.54, 1.807) is 12.1 Å². The van der Waals surface area contributed by atoms with E-state index in [1.807, 2.05) is 12.1 Å². The molecule has 0 radical (unpaired) electrons. The number of aromatic nitrogens is 1. The smallest absolute Gasteiger partial charge is 0.283 e. The molecule has 3 aromatic carbocycles. The highest BCUT2D eigenvalue weighted by molar-refractivity contribution is 5.75. The standard InChI is InChI=1S/C22H19F3N4O.C21H18F3N5O/c23-17-5-3-13(28-18-6-2-12-7-11(10-26)1-4-14(12)18)8-15(17)22(20(24)25)16-9-19(16)30-21(27)29-22;22-15-3-2-12(28-16-4-1-11-5-10(8-25)9-27-18(11)16)6-13(15)21(19(23)24)14-7-17(14)30-20(26)29-21/h1,3-5,7-8,16,18-20,28H,2,6,9H2,(H2,27,29);2-3,5-6,9,14,16-17,19,28H,1,4,7H2,(H2,26,29)/t16-,18+,19+,22+;14-,16-,17+,21+/m00/s1. The first-order valence-electron chi connectivity index (χ1n) is 19.5. The SMILES string of the molecule is N#Cc1ccc2c(c1)CC[C@H]2Nc1ccc(F)c([C@@]2(C(F)F)N=C(N)O[C@@H]3C[C@@H]32)c1.N#Cc1cnc2c(c1)CC[C@@H]2Nc1ccc(F)c([C@@]2(C(F)F)N=C(N)O[C@@H]3C[C@@H]32)c1. The van der Waals surface area contributed by atoms with Gasteiger partial charge in [0, 0.05) is 40.5 Å². The number of nitriles is 2. The van der Waals surface area contributed by atoms with Gasteiger partial charge in [-0.15, -0.1) is 0 Å². The molecule has 0 saturated heterocycles. The summed E-state index contributed by atoms with van der Waals surface area (Å²) in [5.41, 5.74) is 12.8. The van der Waals surface area contributed by atoms with Crippen LogP contribution >= 0.6 is 0 Å². The van der Waals surface area contributed by atoms with E-state index in [0.717, 1.165) is 48.1 Å². The van der Waals surface area contributed by atoms with Crippen molar-refractivity contribution in [3.63, 3.8) is 0 Å². The number of alkyl halides is 4. The number of aryl methyl sites for hydroxylation is 2. The third kappa shape index (κ3) is 6.56. The van der Waals surface area contributed by atoms with Crippen LogP contribution in [-0.4, -0.2) is 42.1 Å². The number of nitrogens with zero attached hydrogens (tertiary/aromatic N) is 5. The highest BCUT2D eigenvalue weighted by Crippen LogP contribution is 2.58. The van der Waals surface area contributed by atoms with Gasteiger partial charge in [-0.1, -0.05) is 6.07 Å². The van der Waals surface area contributed by atoms with E-state index in [9.17, 15) is 26.3 Å². The lowest BCUT2D eigenvalue weighted by atomic mass is 9.84. The summed E-state index contributed by atoms with van der Waals surface area (Å²) in [7, 11) is 0. The van der Waals surface area contributed by atoms with Crippen molar-refractivity contribution < 1.29 is 35.8 Å². The largest absolute Gasteiger partial charge is 0.462 e. The molecule has 6 N–H and O–H groups in total. The number of rotatable bonds is 8. The Hall–Kier alpha value is -6.49. The van der Waals surface area contributed by atoms with Gasteiger partial charge in [-0.2, -0.15) is 10.5 Å². The molecule has 4 aromatic rings. The molecule has 0 bridgehead atoms. The molecule has 0 amide bonds. The van der Waals surface area contributed by atoms with Crippen LogP contribution in [0.5, 0.6) is 0 Å². The Morgan fingerprint density at radius 1 is 0.683 bits per heavy atom. The first-order valence-corrected chi connectivity index (χ1v) is 19.5. The van der Waals surface area contributed by atoms with Gasteiger partial charge in [0.1, 0.15) is 29.9 Å². The number of fused-ring (bicyclic) bond motifs is 4. The summed E-state index contributed by atoms with van der Waals surface area (Å²) in [6, 6.07) is 18.9. The second kappa shape index (κ2) is 14.7. The van der Waals surface area contributed by atoms with Gasteiger partial charge in [0.2, 0.25) is 0 Å². The number of hydrogen-bond donors (Lipinski definition) is 4. The quantitative estimate of drug-likeness (QED) is 0.132.